The fourth-order valence-electron chi connectivity index (χ4n) is 1.84. The monoisotopic (exact) mass is 419 g/mol. The van der Waals surface area contributed by atoms with Crippen LogP contribution < -0.4 is 15.4 Å². The molecule has 0 unspecified atom stereocenters. The molecule has 22 heavy (non-hydrogen) atoms. The Kier molecular flexibility index (Phi) is 12.0. The van der Waals surface area contributed by atoms with Gasteiger partial charge < -0.3 is 15.4 Å². The number of guanidine groups is 1. The molecule has 0 atom stereocenters. The second kappa shape index (κ2) is 12.6. The predicted molar refractivity (Wildman–Crippen MR) is 105 cm³/mol. The molecule has 1 rings (SSSR count). The van der Waals surface area contributed by atoms with Gasteiger partial charge in [-0.05, 0) is 44.9 Å². The van der Waals surface area contributed by atoms with Gasteiger partial charge in [0.15, 0.2) is 5.96 Å². The van der Waals surface area contributed by atoms with E-state index in [9.17, 15) is 0 Å². The SMILES string of the molecule is CCCCNC(=NCc1ccc(OC(C)C)cc1)NCC.I. The fraction of sp³-hybridized carbons (Fsp3) is 0.588. The third-order valence-corrected chi connectivity index (χ3v) is 2.88. The molecular weight excluding hydrogens is 389 g/mol. The van der Waals surface area contributed by atoms with Crippen molar-refractivity contribution in [1.29, 1.82) is 0 Å². The van der Waals surface area contributed by atoms with Crippen LogP contribution in [-0.4, -0.2) is 25.2 Å². The molecule has 4 nitrogen and oxygen atoms in total. The Balaban J connectivity index is 0.00000441. The van der Waals surface area contributed by atoms with Crippen molar-refractivity contribution >= 4 is 29.9 Å². The molecule has 126 valence electrons. The van der Waals surface area contributed by atoms with Gasteiger partial charge in [-0.3, -0.25) is 0 Å². The van der Waals surface area contributed by atoms with E-state index >= 15 is 0 Å². The van der Waals surface area contributed by atoms with E-state index in [1.807, 2.05) is 26.0 Å². The average molecular weight is 419 g/mol. The summed E-state index contributed by atoms with van der Waals surface area (Å²) in [6.07, 6.45) is 2.55. The van der Waals surface area contributed by atoms with E-state index in [1.165, 1.54) is 12.0 Å². The van der Waals surface area contributed by atoms with Crippen LogP contribution in [-0.2, 0) is 6.54 Å². The molecule has 0 saturated heterocycles. The Bertz CT molecular complexity index is 418. The standard InChI is InChI=1S/C17H29N3O.HI/c1-5-7-12-19-17(18-6-2)20-13-15-8-10-16(11-9-15)21-14(3)4;/h8-11,14H,5-7,12-13H2,1-4H3,(H2,18,19,20);1H. The van der Waals surface area contributed by atoms with Crippen LogP contribution in [0.4, 0.5) is 0 Å². The van der Waals surface area contributed by atoms with Crippen LogP contribution in [0.15, 0.2) is 29.3 Å². The van der Waals surface area contributed by atoms with Gasteiger partial charge in [0.1, 0.15) is 5.75 Å². The maximum Gasteiger partial charge on any atom is 0.191 e. The van der Waals surface area contributed by atoms with E-state index in [0.29, 0.717) is 6.54 Å². The molecular formula is C17H30IN3O. The van der Waals surface area contributed by atoms with Crippen LogP contribution >= 0.6 is 24.0 Å². The van der Waals surface area contributed by atoms with Crippen molar-refractivity contribution in [3.05, 3.63) is 29.8 Å². The number of aliphatic imine (C=N–C) groups is 1. The molecule has 0 radical (unpaired) electrons. The lowest BCUT2D eigenvalue weighted by atomic mass is 10.2. The van der Waals surface area contributed by atoms with Gasteiger partial charge in [-0.1, -0.05) is 25.5 Å². The molecule has 0 aliphatic carbocycles. The first-order chi connectivity index (χ1) is 10.2. The minimum Gasteiger partial charge on any atom is -0.491 e. The van der Waals surface area contributed by atoms with Gasteiger partial charge in [0.25, 0.3) is 0 Å². The minimum absolute atomic E-state index is 0. The molecule has 0 heterocycles. The number of nitrogens with one attached hydrogen (secondary N) is 2. The Hall–Kier alpha value is -0.980. The lowest BCUT2D eigenvalue weighted by Gasteiger charge is -2.11. The number of benzene rings is 1. The molecule has 0 fully saturated rings. The summed E-state index contributed by atoms with van der Waals surface area (Å²) in [5.74, 6) is 1.79. The Morgan fingerprint density at radius 1 is 1.14 bits per heavy atom. The maximum absolute atomic E-state index is 5.64. The molecule has 0 amide bonds. The van der Waals surface area contributed by atoms with Gasteiger partial charge in [0.05, 0.1) is 12.6 Å². The van der Waals surface area contributed by atoms with Crippen LogP contribution in [0, 0.1) is 0 Å². The first kappa shape index (κ1) is 21.0. The van der Waals surface area contributed by atoms with Crippen molar-refractivity contribution in [3.8, 4) is 5.75 Å². The molecule has 0 aliphatic heterocycles. The van der Waals surface area contributed by atoms with Gasteiger partial charge >= 0.3 is 0 Å². The van der Waals surface area contributed by atoms with Crippen molar-refractivity contribution < 1.29 is 4.74 Å². The summed E-state index contributed by atoms with van der Waals surface area (Å²) >= 11 is 0. The topological polar surface area (TPSA) is 45.7 Å². The van der Waals surface area contributed by atoms with Crippen LogP contribution in [0.2, 0.25) is 0 Å². The van der Waals surface area contributed by atoms with Crippen LogP contribution in [0.25, 0.3) is 0 Å². The second-order valence-electron chi connectivity index (χ2n) is 5.29. The molecule has 2 N–H and O–H groups in total. The highest BCUT2D eigenvalue weighted by Crippen LogP contribution is 2.14. The molecule has 0 bridgehead atoms. The number of halogens is 1. The van der Waals surface area contributed by atoms with Gasteiger partial charge in [-0.15, -0.1) is 24.0 Å². The highest BCUT2D eigenvalue weighted by atomic mass is 127. The average Bonchev–Trinajstić information content (AvgIpc) is 2.46. The van der Waals surface area contributed by atoms with E-state index in [-0.39, 0.29) is 30.1 Å². The molecule has 1 aromatic rings. The summed E-state index contributed by atoms with van der Waals surface area (Å²) in [4.78, 5) is 4.60. The zero-order chi connectivity index (χ0) is 15.5. The lowest BCUT2D eigenvalue weighted by molar-refractivity contribution is 0.242. The number of hydrogen-bond donors (Lipinski definition) is 2. The summed E-state index contributed by atoms with van der Waals surface area (Å²) in [6.45, 7) is 10.8. The van der Waals surface area contributed by atoms with Gasteiger partial charge in [-0.2, -0.15) is 0 Å². The first-order valence-electron chi connectivity index (χ1n) is 7.93. The lowest BCUT2D eigenvalue weighted by Crippen LogP contribution is -2.37. The Morgan fingerprint density at radius 2 is 1.82 bits per heavy atom. The van der Waals surface area contributed by atoms with E-state index < -0.39 is 0 Å². The Morgan fingerprint density at radius 3 is 2.36 bits per heavy atom. The van der Waals surface area contributed by atoms with Crippen LogP contribution in [0.1, 0.15) is 46.1 Å². The molecule has 0 aromatic heterocycles. The van der Waals surface area contributed by atoms with E-state index in [2.05, 4.69) is 41.6 Å². The van der Waals surface area contributed by atoms with E-state index in [4.69, 9.17) is 4.74 Å². The normalized spacial score (nSPS) is 11.0. The van der Waals surface area contributed by atoms with Gasteiger partial charge in [-0.25, -0.2) is 4.99 Å². The van der Waals surface area contributed by atoms with Crippen molar-refractivity contribution in [2.24, 2.45) is 4.99 Å². The van der Waals surface area contributed by atoms with E-state index in [1.54, 1.807) is 0 Å². The number of ether oxygens (including phenoxy) is 1. The second-order valence-corrected chi connectivity index (χ2v) is 5.29. The summed E-state index contributed by atoms with van der Waals surface area (Å²) < 4.78 is 5.64. The van der Waals surface area contributed by atoms with Gasteiger partial charge in [0, 0.05) is 13.1 Å². The predicted octanol–water partition coefficient (Wildman–Crippen LogP) is 3.95. The zero-order valence-corrected chi connectivity index (χ0v) is 16.5. The fourth-order valence-corrected chi connectivity index (χ4v) is 1.84. The molecule has 5 heteroatoms. The molecule has 0 spiro atoms. The summed E-state index contributed by atoms with van der Waals surface area (Å²) in [6, 6.07) is 8.14. The van der Waals surface area contributed by atoms with Crippen LogP contribution in [0.3, 0.4) is 0 Å². The maximum atomic E-state index is 5.64. The van der Waals surface area contributed by atoms with Gasteiger partial charge in [0.2, 0.25) is 0 Å². The largest absolute Gasteiger partial charge is 0.491 e. The third-order valence-electron chi connectivity index (χ3n) is 2.88. The smallest absolute Gasteiger partial charge is 0.191 e. The number of rotatable bonds is 8. The van der Waals surface area contributed by atoms with Crippen molar-refractivity contribution in [3.63, 3.8) is 0 Å². The highest BCUT2D eigenvalue weighted by Gasteiger charge is 1.99. The van der Waals surface area contributed by atoms with Crippen molar-refractivity contribution in [2.75, 3.05) is 13.1 Å². The number of unbranched alkanes of at least 4 members (excludes halogenated alkanes) is 1. The molecule has 1 aromatic carbocycles. The molecule has 0 saturated carbocycles. The minimum atomic E-state index is 0. The summed E-state index contributed by atoms with van der Waals surface area (Å²) in [5, 5.41) is 6.61. The first-order valence-corrected chi connectivity index (χ1v) is 7.93. The van der Waals surface area contributed by atoms with Crippen molar-refractivity contribution in [2.45, 2.75) is 53.2 Å². The summed E-state index contributed by atoms with van der Waals surface area (Å²) in [5.41, 5.74) is 1.18. The summed E-state index contributed by atoms with van der Waals surface area (Å²) in [7, 11) is 0. The number of nitrogens with zero attached hydrogens (tertiary/aromatic N) is 1. The number of hydrogen-bond acceptors (Lipinski definition) is 2. The van der Waals surface area contributed by atoms with Crippen molar-refractivity contribution in [1.82, 2.24) is 10.6 Å². The van der Waals surface area contributed by atoms with Crippen LogP contribution in [0.5, 0.6) is 5.75 Å². The quantitative estimate of drug-likeness (QED) is 0.290. The Labute approximate surface area is 152 Å². The highest BCUT2D eigenvalue weighted by molar-refractivity contribution is 14.0. The van der Waals surface area contributed by atoms with E-state index in [0.717, 1.165) is 31.2 Å². The zero-order valence-electron chi connectivity index (χ0n) is 14.2. The molecule has 0 aliphatic rings. The third kappa shape index (κ3) is 9.12.